The fraction of sp³-hybridized carbons (Fsp3) is 0.552. The van der Waals surface area contributed by atoms with Crippen molar-refractivity contribution in [1.82, 2.24) is 15.5 Å². The van der Waals surface area contributed by atoms with Crippen LogP contribution in [0.1, 0.15) is 44.9 Å². The third-order valence-electron chi connectivity index (χ3n) is 9.06. The zero-order valence-corrected chi connectivity index (χ0v) is 24.3. The van der Waals surface area contributed by atoms with Crippen molar-refractivity contribution >= 4 is 52.7 Å². The summed E-state index contributed by atoms with van der Waals surface area (Å²) in [7, 11) is 0. The van der Waals surface area contributed by atoms with E-state index >= 15 is 0 Å². The number of allylic oxidation sites excluding steroid dienone is 5. The molecule has 2 amide bonds. The molecule has 2 saturated carbocycles. The SMILES string of the molecule is O=C(NC1CC1(NC(=O)C1=CC2=C(CC1Cl)C(CO)N(C1CC1C1=CC=C(Cl)CC1)CC2)C(=O)O)C1=CCCS1. The van der Waals surface area contributed by atoms with Crippen LogP contribution in [0.3, 0.4) is 0 Å². The van der Waals surface area contributed by atoms with Crippen LogP contribution in [0, 0.1) is 5.92 Å². The Labute approximate surface area is 247 Å². The molecule has 40 heavy (non-hydrogen) atoms. The number of hydrogen-bond acceptors (Lipinski definition) is 6. The molecule has 6 aliphatic rings. The molecule has 214 valence electrons. The molecule has 0 saturated heterocycles. The molecule has 2 heterocycles. The second-order valence-electron chi connectivity index (χ2n) is 11.4. The van der Waals surface area contributed by atoms with Crippen LogP contribution in [0.15, 0.2) is 56.5 Å². The zero-order valence-electron chi connectivity index (χ0n) is 22.0. The van der Waals surface area contributed by atoms with Crippen molar-refractivity contribution in [1.29, 1.82) is 0 Å². The number of alkyl halides is 1. The van der Waals surface area contributed by atoms with E-state index in [0.29, 0.717) is 28.9 Å². The van der Waals surface area contributed by atoms with Crippen LogP contribution in [0.5, 0.6) is 0 Å². The van der Waals surface area contributed by atoms with Crippen molar-refractivity contribution in [3.05, 3.63) is 56.5 Å². The van der Waals surface area contributed by atoms with Crippen LogP contribution in [-0.2, 0) is 14.4 Å². The number of aliphatic hydroxyl groups is 1. The molecule has 2 aliphatic heterocycles. The van der Waals surface area contributed by atoms with Gasteiger partial charge >= 0.3 is 5.97 Å². The smallest absolute Gasteiger partial charge is 0.331 e. The Morgan fingerprint density at radius 1 is 1.18 bits per heavy atom. The van der Waals surface area contributed by atoms with Gasteiger partial charge in [-0.05, 0) is 67.7 Å². The van der Waals surface area contributed by atoms with Gasteiger partial charge in [-0.2, -0.15) is 0 Å². The van der Waals surface area contributed by atoms with Gasteiger partial charge < -0.3 is 20.8 Å². The van der Waals surface area contributed by atoms with Crippen molar-refractivity contribution in [3.8, 4) is 0 Å². The number of carbonyl (C=O) groups excluding carboxylic acids is 2. The van der Waals surface area contributed by atoms with Gasteiger partial charge in [0.25, 0.3) is 5.91 Å². The molecular formula is C29H33Cl2N3O5S. The van der Waals surface area contributed by atoms with E-state index in [-0.39, 0.29) is 25.0 Å². The predicted molar refractivity (Wildman–Crippen MR) is 155 cm³/mol. The number of hydrogen-bond donors (Lipinski definition) is 4. The molecule has 0 spiro atoms. The normalized spacial score (nSPS) is 35.1. The highest BCUT2D eigenvalue weighted by atomic mass is 35.5. The summed E-state index contributed by atoms with van der Waals surface area (Å²) in [5, 5.41) is 26.0. The van der Waals surface area contributed by atoms with Crippen LogP contribution in [0.2, 0.25) is 0 Å². The summed E-state index contributed by atoms with van der Waals surface area (Å²) in [6.07, 6.45) is 12.8. The Kier molecular flexibility index (Phi) is 7.72. The average molecular weight is 607 g/mol. The van der Waals surface area contributed by atoms with Gasteiger partial charge in [0.05, 0.1) is 29.0 Å². The number of carboxylic acids is 1. The zero-order chi connectivity index (χ0) is 28.2. The van der Waals surface area contributed by atoms with Crippen LogP contribution < -0.4 is 10.6 Å². The Morgan fingerprint density at radius 3 is 2.67 bits per heavy atom. The van der Waals surface area contributed by atoms with E-state index in [0.717, 1.165) is 60.6 Å². The van der Waals surface area contributed by atoms with E-state index in [1.165, 1.54) is 17.3 Å². The first-order chi connectivity index (χ1) is 19.2. The molecule has 8 nitrogen and oxygen atoms in total. The summed E-state index contributed by atoms with van der Waals surface area (Å²) >= 11 is 14.3. The Balaban J connectivity index is 1.14. The van der Waals surface area contributed by atoms with Crippen molar-refractivity contribution in [2.45, 2.75) is 74.0 Å². The number of nitrogens with one attached hydrogen (secondary N) is 2. The molecule has 4 aliphatic carbocycles. The van der Waals surface area contributed by atoms with E-state index in [1.807, 2.05) is 12.2 Å². The standard InChI is InChI=1S/C29H33Cl2N3O5S/c30-17-5-3-15(4-6-17)19-12-22(19)34-8-7-16-10-20(21(31)11-18(16)23(34)14-35)26(36)33-29(28(38)39)13-25(29)32-27(37)24-2-1-9-40-24/h2-3,5,10,19,21-23,25,35H,1,4,6-9,11-14H2,(H,32,37)(H,33,36)(H,38,39). The lowest BCUT2D eigenvalue weighted by Gasteiger charge is -2.41. The minimum atomic E-state index is -1.55. The molecule has 11 heteroatoms. The average Bonchev–Trinajstić information content (AvgIpc) is 3.80. The predicted octanol–water partition coefficient (Wildman–Crippen LogP) is 3.37. The summed E-state index contributed by atoms with van der Waals surface area (Å²) in [4.78, 5) is 41.0. The third-order valence-corrected chi connectivity index (χ3v) is 10.9. The molecule has 2 fully saturated rings. The van der Waals surface area contributed by atoms with Crippen molar-refractivity contribution in [2.75, 3.05) is 18.9 Å². The number of carboxylic acid groups (broad SMARTS) is 1. The summed E-state index contributed by atoms with van der Waals surface area (Å²) in [5.74, 6) is -0.696. The van der Waals surface area contributed by atoms with E-state index in [9.17, 15) is 24.6 Å². The summed E-state index contributed by atoms with van der Waals surface area (Å²) in [6.45, 7) is 0.749. The second-order valence-corrected chi connectivity index (χ2v) is 13.6. The van der Waals surface area contributed by atoms with Crippen LogP contribution in [0.4, 0.5) is 0 Å². The Hall–Kier alpha value is -2.04. The molecule has 0 aromatic carbocycles. The number of thioether (sulfide) groups is 1. The van der Waals surface area contributed by atoms with Gasteiger partial charge in [0.15, 0.2) is 5.54 Å². The van der Waals surface area contributed by atoms with Gasteiger partial charge in [-0.1, -0.05) is 29.3 Å². The van der Waals surface area contributed by atoms with Gasteiger partial charge in [0.2, 0.25) is 5.91 Å². The number of aliphatic carboxylic acids is 1. The van der Waals surface area contributed by atoms with Crippen LogP contribution in [-0.4, -0.2) is 80.8 Å². The first-order valence-corrected chi connectivity index (χ1v) is 15.7. The highest BCUT2D eigenvalue weighted by molar-refractivity contribution is 8.04. The number of halogens is 2. The number of carbonyl (C=O) groups is 3. The highest BCUT2D eigenvalue weighted by Crippen LogP contribution is 2.48. The summed E-state index contributed by atoms with van der Waals surface area (Å²) in [6, 6.07) is -0.461. The molecule has 0 radical (unpaired) electrons. The molecule has 0 aromatic rings. The minimum absolute atomic E-state index is 0.0238. The van der Waals surface area contributed by atoms with E-state index in [2.05, 4.69) is 21.6 Å². The lowest BCUT2D eigenvalue weighted by atomic mass is 9.82. The van der Waals surface area contributed by atoms with Crippen molar-refractivity contribution in [2.24, 2.45) is 5.92 Å². The molecule has 4 N–H and O–H groups in total. The highest BCUT2D eigenvalue weighted by Gasteiger charge is 2.63. The lowest BCUT2D eigenvalue weighted by Crippen LogP contribution is -2.51. The topological polar surface area (TPSA) is 119 Å². The van der Waals surface area contributed by atoms with Crippen LogP contribution >= 0.6 is 35.0 Å². The molecule has 6 rings (SSSR count). The van der Waals surface area contributed by atoms with Gasteiger partial charge in [-0.3, -0.25) is 14.5 Å². The fourth-order valence-electron chi connectivity index (χ4n) is 6.64. The summed E-state index contributed by atoms with van der Waals surface area (Å²) < 4.78 is 0. The van der Waals surface area contributed by atoms with Crippen molar-refractivity contribution < 1.29 is 24.6 Å². The van der Waals surface area contributed by atoms with Gasteiger partial charge in [-0.15, -0.1) is 23.4 Å². The molecule has 6 unspecified atom stereocenters. The largest absolute Gasteiger partial charge is 0.479 e. The van der Waals surface area contributed by atoms with E-state index in [1.54, 1.807) is 6.08 Å². The second kappa shape index (κ2) is 11.0. The number of aliphatic hydroxyl groups excluding tert-OH is 1. The molecule has 6 atom stereocenters. The molecular weight excluding hydrogens is 573 g/mol. The van der Waals surface area contributed by atoms with Crippen molar-refractivity contribution in [3.63, 3.8) is 0 Å². The number of amides is 2. The number of rotatable bonds is 8. The van der Waals surface area contributed by atoms with Gasteiger partial charge in [0, 0.05) is 35.4 Å². The Morgan fingerprint density at radius 2 is 2.00 bits per heavy atom. The van der Waals surface area contributed by atoms with Gasteiger partial charge in [-0.25, -0.2) is 4.79 Å². The minimum Gasteiger partial charge on any atom is -0.479 e. The number of nitrogens with zero attached hydrogens (tertiary/aromatic N) is 1. The third kappa shape index (κ3) is 5.20. The van der Waals surface area contributed by atoms with Crippen LogP contribution in [0.25, 0.3) is 0 Å². The van der Waals surface area contributed by atoms with Gasteiger partial charge in [0.1, 0.15) is 0 Å². The van der Waals surface area contributed by atoms with E-state index in [4.69, 9.17) is 23.2 Å². The van der Waals surface area contributed by atoms with E-state index < -0.39 is 28.8 Å². The maximum absolute atomic E-state index is 13.3. The first-order valence-electron chi connectivity index (χ1n) is 13.9. The summed E-state index contributed by atoms with van der Waals surface area (Å²) in [5.41, 5.74) is 2.26. The quantitative estimate of drug-likeness (QED) is 0.313. The molecule has 0 bridgehead atoms. The maximum Gasteiger partial charge on any atom is 0.331 e. The fourth-order valence-corrected chi connectivity index (χ4v) is 8.01. The molecule has 0 aromatic heterocycles. The monoisotopic (exact) mass is 605 g/mol. The lowest BCUT2D eigenvalue weighted by molar-refractivity contribution is -0.143. The Bertz CT molecular complexity index is 1310. The maximum atomic E-state index is 13.3. The first kappa shape index (κ1) is 28.1.